The van der Waals surface area contributed by atoms with Gasteiger partial charge in [-0.25, -0.2) is 23.2 Å². The molecule has 0 spiro atoms. The molecule has 0 fully saturated rings. The molecule has 0 radical (unpaired) electrons. The van der Waals surface area contributed by atoms with Gasteiger partial charge in [0, 0.05) is 5.56 Å². The van der Waals surface area contributed by atoms with Gasteiger partial charge in [0.2, 0.25) is 0 Å². The average molecular weight is 365 g/mol. The van der Waals surface area contributed by atoms with Crippen molar-refractivity contribution in [3.05, 3.63) is 78.0 Å². The van der Waals surface area contributed by atoms with Crippen molar-refractivity contribution in [2.75, 3.05) is 7.11 Å². The molecule has 134 valence electrons. The Balaban J connectivity index is 2.01. The molecule has 0 bridgehead atoms. The SMILES string of the molecule is COC(=O)c1cc(-c2ccc(F)cc2)nc2c1cnn2-c1ccccc1F. The zero-order valence-corrected chi connectivity index (χ0v) is 14.2. The van der Waals surface area contributed by atoms with Gasteiger partial charge >= 0.3 is 5.97 Å². The van der Waals surface area contributed by atoms with Gasteiger partial charge in [-0.3, -0.25) is 0 Å². The van der Waals surface area contributed by atoms with Crippen molar-refractivity contribution < 1.29 is 18.3 Å². The molecule has 4 aromatic rings. The van der Waals surface area contributed by atoms with Gasteiger partial charge in [-0.05, 0) is 42.5 Å². The van der Waals surface area contributed by atoms with Crippen molar-refractivity contribution in [1.29, 1.82) is 0 Å². The molecule has 7 heteroatoms. The number of hydrogen-bond acceptors (Lipinski definition) is 4. The van der Waals surface area contributed by atoms with Crippen molar-refractivity contribution >= 4 is 17.0 Å². The number of ether oxygens (including phenoxy) is 1. The van der Waals surface area contributed by atoms with Crippen LogP contribution in [0.25, 0.3) is 28.0 Å². The van der Waals surface area contributed by atoms with Crippen LogP contribution in [0.4, 0.5) is 8.78 Å². The number of aromatic nitrogens is 3. The van der Waals surface area contributed by atoms with Crippen LogP contribution in [0.5, 0.6) is 0 Å². The van der Waals surface area contributed by atoms with Gasteiger partial charge in [0.1, 0.15) is 17.3 Å². The summed E-state index contributed by atoms with van der Waals surface area (Å²) in [5.74, 6) is -1.43. The van der Waals surface area contributed by atoms with Crippen molar-refractivity contribution in [3.8, 4) is 16.9 Å². The predicted octanol–water partition coefficient (Wildman–Crippen LogP) is 4.15. The minimum atomic E-state index is -0.571. The molecule has 0 unspecified atom stereocenters. The van der Waals surface area contributed by atoms with E-state index in [1.807, 2.05) is 0 Å². The number of benzene rings is 2. The van der Waals surface area contributed by atoms with Crippen molar-refractivity contribution in [2.45, 2.75) is 0 Å². The number of nitrogens with zero attached hydrogens (tertiary/aromatic N) is 3. The number of carbonyl (C=O) groups is 1. The third-order valence-electron chi connectivity index (χ3n) is 4.17. The van der Waals surface area contributed by atoms with Gasteiger partial charge in [0.25, 0.3) is 0 Å². The smallest absolute Gasteiger partial charge is 0.338 e. The minimum Gasteiger partial charge on any atom is -0.465 e. The monoisotopic (exact) mass is 365 g/mol. The topological polar surface area (TPSA) is 57.0 Å². The first-order valence-electron chi connectivity index (χ1n) is 8.06. The lowest BCUT2D eigenvalue weighted by Gasteiger charge is -2.08. The summed E-state index contributed by atoms with van der Waals surface area (Å²) in [6, 6.07) is 13.4. The molecule has 27 heavy (non-hydrogen) atoms. The lowest BCUT2D eigenvalue weighted by atomic mass is 10.1. The molecule has 0 aliphatic carbocycles. The van der Waals surface area contributed by atoms with E-state index >= 15 is 0 Å². The Morgan fingerprint density at radius 2 is 1.81 bits per heavy atom. The number of fused-ring (bicyclic) bond motifs is 1. The maximum atomic E-state index is 14.3. The fraction of sp³-hybridized carbons (Fsp3) is 0.0500. The number of methoxy groups -OCH3 is 1. The summed E-state index contributed by atoms with van der Waals surface area (Å²) in [5.41, 5.74) is 1.75. The molecule has 0 saturated carbocycles. The standard InChI is InChI=1S/C20H13F2N3O2/c1-27-20(26)14-10-17(12-6-8-13(21)9-7-12)24-19-15(14)11-23-25(19)18-5-3-2-4-16(18)22/h2-11H,1H3. The normalized spacial score (nSPS) is 10.9. The van der Waals surface area contributed by atoms with E-state index in [0.29, 0.717) is 22.3 Å². The summed E-state index contributed by atoms with van der Waals surface area (Å²) in [4.78, 5) is 16.8. The van der Waals surface area contributed by atoms with Crippen LogP contribution in [0.3, 0.4) is 0 Å². The molecule has 0 atom stereocenters. The zero-order chi connectivity index (χ0) is 19.0. The maximum absolute atomic E-state index is 14.3. The summed E-state index contributed by atoms with van der Waals surface area (Å²) in [6.07, 6.45) is 1.44. The summed E-state index contributed by atoms with van der Waals surface area (Å²) >= 11 is 0. The second kappa shape index (κ2) is 6.60. The van der Waals surface area contributed by atoms with Gasteiger partial charge in [0.15, 0.2) is 5.65 Å². The van der Waals surface area contributed by atoms with E-state index in [2.05, 4.69) is 10.1 Å². The molecule has 4 rings (SSSR count). The number of esters is 1. The Morgan fingerprint density at radius 1 is 1.07 bits per heavy atom. The average Bonchev–Trinajstić information content (AvgIpc) is 3.11. The fourth-order valence-electron chi connectivity index (χ4n) is 2.85. The van der Waals surface area contributed by atoms with Crippen LogP contribution >= 0.6 is 0 Å². The van der Waals surface area contributed by atoms with E-state index in [-0.39, 0.29) is 17.1 Å². The predicted molar refractivity (Wildman–Crippen MR) is 95.6 cm³/mol. The zero-order valence-electron chi connectivity index (χ0n) is 14.2. The number of para-hydroxylation sites is 1. The first kappa shape index (κ1) is 16.8. The first-order valence-corrected chi connectivity index (χ1v) is 8.06. The summed E-state index contributed by atoms with van der Waals surface area (Å²) in [7, 11) is 1.27. The molecule has 0 N–H and O–H groups in total. The minimum absolute atomic E-state index is 0.201. The van der Waals surface area contributed by atoms with Crippen LogP contribution in [-0.2, 0) is 4.74 Å². The molecule has 0 aliphatic rings. The second-order valence-corrected chi connectivity index (χ2v) is 5.80. The van der Waals surface area contributed by atoms with Crippen LogP contribution in [0.1, 0.15) is 10.4 Å². The number of halogens is 2. The quantitative estimate of drug-likeness (QED) is 0.512. The molecule has 0 saturated heterocycles. The van der Waals surface area contributed by atoms with Gasteiger partial charge < -0.3 is 4.74 Å². The molecule has 2 aromatic heterocycles. The molecule has 2 heterocycles. The van der Waals surface area contributed by atoms with Crippen LogP contribution in [0.2, 0.25) is 0 Å². The number of carbonyl (C=O) groups excluding carboxylic acids is 1. The summed E-state index contributed by atoms with van der Waals surface area (Å²) < 4.78 is 33.7. The highest BCUT2D eigenvalue weighted by Gasteiger charge is 2.19. The highest BCUT2D eigenvalue weighted by Crippen LogP contribution is 2.27. The van der Waals surface area contributed by atoms with E-state index < -0.39 is 11.8 Å². The molecular weight excluding hydrogens is 352 g/mol. The Morgan fingerprint density at radius 3 is 2.52 bits per heavy atom. The van der Waals surface area contributed by atoms with Gasteiger partial charge in [-0.15, -0.1) is 0 Å². The third-order valence-corrected chi connectivity index (χ3v) is 4.17. The molecular formula is C20H13F2N3O2. The number of pyridine rings is 1. The van der Waals surface area contributed by atoms with E-state index in [9.17, 15) is 13.6 Å². The Bertz CT molecular complexity index is 1150. The Hall–Kier alpha value is -3.61. The van der Waals surface area contributed by atoms with E-state index in [1.165, 1.54) is 36.2 Å². The van der Waals surface area contributed by atoms with Crippen molar-refractivity contribution in [3.63, 3.8) is 0 Å². The van der Waals surface area contributed by atoms with Crippen molar-refractivity contribution in [2.24, 2.45) is 0 Å². The largest absolute Gasteiger partial charge is 0.465 e. The fourth-order valence-corrected chi connectivity index (χ4v) is 2.85. The van der Waals surface area contributed by atoms with Gasteiger partial charge in [0.05, 0.1) is 30.0 Å². The van der Waals surface area contributed by atoms with Crippen molar-refractivity contribution in [1.82, 2.24) is 14.8 Å². The van der Waals surface area contributed by atoms with Crippen LogP contribution < -0.4 is 0 Å². The molecule has 2 aromatic carbocycles. The first-order chi connectivity index (χ1) is 13.1. The molecule has 0 aliphatic heterocycles. The van der Waals surface area contributed by atoms with Gasteiger partial charge in [-0.2, -0.15) is 5.10 Å². The maximum Gasteiger partial charge on any atom is 0.338 e. The third kappa shape index (κ3) is 2.93. The summed E-state index contributed by atoms with van der Waals surface area (Å²) in [6.45, 7) is 0. The van der Waals surface area contributed by atoms with E-state index in [4.69, 9.17) is 4.74 Å². The van der Waals surface area contributed by atoms with Crippen LogP contribution in [0.15, 0.2) is 60.8 Å². The Kier molecular flexibility index (Phi) is 4.12. The highest BCUT2D eigenvalue weighted by atomic mass is 19.1. The number of rotatable bonds is 3. The molecule has 5 nitrogen and oxygen atoms in total. The number of hydrogen-bond donors (Lipinski definition) is 0. The van der Waals surface area contributed by atoms with Gasteiger partial charge in [-0.1, -0.05) is 12.1 Å². The highest BCUT2D eigenvalue weighted by molar-refractivity contribution is 6.04. The summed E-state index contributed by atoms with van der Waals surface area (Å²) in [5, 5.41) is 4.63. The molecule has 0 amide bonds. The van der Waals surface area contributed by atoms with E-state index in [1.54, 1.807) is 36.4 Å². The lowest BCUT2D eigenvalue weighted by Crippen LogP contribution is -2.05. The van der Waals surface area contributed by atoms with E-state index in [0.717, 1.165) is 0 Å². The Labute approximate surface area is 152 Å². The lowest BCUT2D eigenvalue weighted by molar-refractivity contribution is 0.0603. The van der Waals surface area contributed by atoms with Crippen LogP contribution in [0, 0.1) is 11.6 Å². The van der Waals surface area contributed by atoms with Crippen LogP contribution in [-0.4, -0.2) is 27.8 Å². The second-order valence-electron chi connectivity index (χ2n) is 5.80.